The summed E-state index contributed by atoms with van der Waals surface area (Å²) in [6, 6.07) is 6.55. The van der Waals surface area contributed by atoms with Gasteiger partial charge in [0, 0.05) is 61.2 Å². The third-order valence-corrected chi connectivity index (χ3v) is 4.52. The summed E-state index contributed by atoms with van der Waals surface area (Å²) < 4.78 is 15.8. The lowest BCUT2D eigenvalue weighted by atomic mass is 10.0. The van der Waals surface area contributed by atoms with Crippen molar-refractivity contribution in [2.24, 2.45) is 7.05 Å². The molecule has 1 aliphatic heterocycles. The van der Waals surface area contributed by atoms with Gasteiger partial charge in [-0.2, -0.15) is 10.2 Å². The van der Waals surface area contributed by atoms with E-state index in [4.69, 9.17) is 0 Å². The van der Waals surface area contributed by atoms with Gasteiger partial charge in [-0.25, -0.2) is 4.39 Å². The summed E-state index contributed by atoms with van der Waals surface area (Å²) in [6.45, 7) is 1.01. The minimum absolute atomic E-state index is 0.0832. The van der Waals surface area contributed by atoms with Crippen molar-refractivity contribution < 1.29 is 9.18 Å². The van der Waals surface area contributed by atoms with E-state index < -0.39 is 0 Å². The average molecular weight is 351 g/mol. The van der Waals surface area contributed by atoms with E-state index in [0.29, 0.717) is 30.8 Å². The zero-order valence-corrected chi connectivity index (χ0v) is 14.3. The molecule has 0 atom stereocenters. The van der Waals surface area contributed by atoms with Crippen molar-refractivity contribution in [3.05, 3.63) is 65.4 Å². The number of nitrogens with one attached hydrogen (secondary N) is 1. The van der Waals surface area contributed by atoms with E-state index >= 15 is 0 Å². The van der Waals surface area contributed by atoms with Crippen LogP contribution >= 0.6 is 0 Å². The highest BCUT2D eigenvalue weighted by Crippen LogP contribution is 2.30. The van der Waals surface area contributed by atoms with Gasteiger partial charge in [0.1, 0.15) is 11.5 Å². The number of hydrogen-bond donors (Lipinski definition) is 1. The molecule has 4 rings (SSSR count). The maximum Gasteiger partial charge on any atom is 0.246 e. The molecule has 0 radical (unpaired) electrons. The van der Waals surface area contributed by atoms with Crippen LogP contribution in [0.4, 0.5) is 4.39 Å². The molecular formula is C19H18FN5O. The topological polar surface area (TPSA) is 66.8 Å². The van der Waals surface area contributed by atoms with Crippen LogP contribution in [0, 0.1) is 5.82 Å². The quantitative estimate of drug-likeness (QED) is 0.738. The van der Waals surface area contributed by atoms with E-state index in [1.54, 1.807) is 46.1 Å². The number of aryl methyl sites for hydroxylation is 1. The molecule has 1 aliphatic rings. The first-order valence-corrected chi connectivity index (χ1v) is 8.38. The van der Waals surface area contributed by atoms with Crippen LogP contribution in [0.2, 0.25) is 0 Å². The van der Waals surface area contributed by atoms with Crippen molar-refractivity contribution in [2.45, 2.75) is 13.0 Å². The van der Waals surface area contributed by atoms with Gasteiger partial charge in [-0.3, -0.25) is 14.6 Å². The Kier molecular flexibility index (Phi) is 4.12. The van der Waals surface area contributed by atoms with Crippen LogP contribution in [0.1, 0.15) is 16.8 Å². The Bertz CT molecular complexity index is 987. The number of hydrogen-bond acceptors (Lipinski definition) is 3. The SMILES string of the molecule is Cn1cc(/C=C/C(=O)N2CCc3[nH]nc(-c4ccccc4F)c3C2)cn1. The molecule has 0 bridgehead atoms. The molecule has 0 saturated carbocycles. The Labute approximate surface area is 149 Å². The second-order valence-electron chi connectivity index (χ2n) is 6.30. The number of fused-ring (bicyclic) bond motifs is 1. The number of nitrogens with zero attached hydrogens (tertiary/aromatic N) is 4. The highest BCUT2D eigenvalue weighted by molar-refractivity contribution is 5.92. The standard InChI is InChI=1S/C19H18FN5O/c1-24-11-13(10-21-24)6-7-18(26)25-9-8-17-15(12-25)19(23-22-17)14-4-2-3-5-16(14)20/h2-7,10-11H,8-9,12H2,1H3,(H,22,23)/b7-6+. The van der Waals surface area contributed by atoms with E-state index in [9.17, 15) is 9.18 Å². The Balaban J connectivity index is 1.56. The molecule has 0 unspecified atom stereocenters. The molecule has 1 aromatic carbocycles. The van der Waals surface area contributed by atoms with E-state index in [0.717, 1.165) is 16.8 Å². The number of H-pyrrole nitrogens is 1. The fraction of sp³-hybridized carbons (Fsp3) is 0.211. The van der Waals surface area contributed by atoms with Gasteiger partial charge in [-0.1, -0.05) is 12.1 Å². The van der Waals surface area contributed by atoms with Crippen LogP contribution in [-0.2, 0) is 24.8 Å². The van der Waals surface area contributed by atoms with Gasteiger partial charge in [-0.15, -0.1) is 0 Å². The average Bonchev–Trinajstić information content (AvgIpc) is 3.25. The van der Waals surface area contributed by atoms with E-state index in [1.807, 2.05) is 13.2 Å². The van der Waals surface area contributed by atoms with Crippen molar-refractivity contribution in [2.75, 3.05) is 6.54 Å². The first kappa shape index (κ1) is 16.3. The van der Waals surface area contributed by atoms with Crippen molar-refractivity contribution in [3.63, 3.8) is 0 Å². The molecule has 0 aliphatic carbocycles. The number of halogens is 1. The van der Waals surface area contributed by atoms with Crippen molar-refractivity contribution in [1.29, 1.82) is 0 Å². The lowest BCUT2D eigenvalue weighted by Gasteiger charge is -2.26. The Morgan fingerprint density at radius 1 is 1.35 bits per heavy atom. The summed E-state index contributed by atoms with van der Waals surface area (Å²) in [6.07, 6.45) is 7.50. The van der Waals surface area contributed by atoms with Crippen LogP contribution in [0.15, 0.2) is 42.7 Å². The number of aromatic nitrogens is 4. The van der Waals surface area contributed by atoms with Crippen LogP contribution < -0.4 is 0 Å². The molecule has 0 spiro atoms. The summed E-state index contributed by atoms with van der Waals surface area (Å²) in [5.41, 5.74) is 3.74. The third kappa shape index (κ3) is 3.03. The molecular weight excluding hydrogens is 333 g/mol. The number of rotatable bonds is 3. The smallest absolute Gasteiger partial charge is 0.246 e. The van der Waals surface area contributed by atoms with Crippen LogP contribution in [0.5, 0.6) is 0 Å². The Morgan fingerprint density at radius 3 is 2.96 bits per heavy atom. The van der Waals surface area contributed by atoms with Gasteiger partial charge in [0.15, 0.2) is 0 Å². The first-order valence-electron chi connectivity index (χ1n) is 8.38. The predicted octanol–water partition coefficient (Wildman–Crippen LogP) is 2.55. The van der Waals surface area contributed by atoms with Crippen LogP contribution in [-0.4, -0.2) is 37.3 Å². The summed E-state index contributed by atoms with van der Waals surface area (Å²) in [4.78, 5) is 14.3. The number of amides is 1. The maximum absolute atomic E-state index is 14.1. The maximum atomic E-state index is 14.1. The third-order valence-electron chi connectivity index (χ3n) is 4.52. The van der Waals surface area contributed by atoms with Gasteiger partial charge >= 0.3 is 0 Å². The number of carbonyl (C=O) groups excluding carboxylic acids is 1. The Hall–Kier alpha value is -3.22. The fourth-order valence-electron chi connectivity index (χ4n) is 3.16. The van der Waals surface area contributed by atoms with E-state index in [1.165, 1.54) is 6.07 Å². The van der Waals surface area contributed by atoms with Crippen molar-refractivity contribution >= 4 is 12.0 Å². The van der Waals surface area contributed by atoms with Gasteiger partial charge in [0.05, 0.1) is 6.20 Å². The van der Waals surface area contributed by atoms with Gasteiger partial charge in [0.2, 0.25) is 5.91 Å². The molecule has 7 heteroatoms. The minimum Gasteiger partial charge on any atom is -0.334 e. The summed E-state index contributed by atoms with van der Waals surface area (Å²) >= 11 is 0. The molecule has 0 fully saturated rings. The fourth-order valence-corrected chi connectivity index (χ4v) is 3.16. The Morgan fingerprint density at radius 2 is 2.19 bits per heavy atom. The minimum atomic E-state index is -0.318. The lowest BCUT2D eigenvalue weighted by molar-refractivity contribution is -0.126. The van der Waals surface area contributed by atoms with Crippen molar-refractivity contribution in [1.82, 2.24) is 24.9 Å². The zero-order chi connectivity index (χ0) is 18.1. The van der Waals surface area contributed by atoms with E-state index in [-0.39, 0.29) is 11.7 Å². The highest BCUT2D eigenvalue weighted by atomic mass is 19.1. The molecule has 1 N–H and O–H groups in total. The predicted molar refractivity (Wildman–Crippen MR) is 95.3 cm³/mol. The molecule has 0 saturated heterocycles. The largest absolute Gasteiger partial charge is 0.334 e. The molecule has 3 heterocycles. The van der Waals surface area contributed by atoms with Gasteiger partial charge in [0.25, 0.3) is 0 Å². The van der Waals surface area contributed by atoms with Crippen LogP contribution in [0.25, 0.3) is 17.3 Å². The van der Waals surface area contributed by atoms with Gasteiger partial charge < -0.3 is 4.90 Å². The lowest BCUT2D eigenvalue weighted by Crippen LogP contribution is -2.34. The second-order valence-corrected chi connectivity index (χ2v) is 6.30. The molecule has 6 nitrogen and oxygen atoms in total. The molecule has 132 valence electrons. The van der Waals surface area contributed by atoms with Gasteiger partial charge in [-0.05, 0) is 18.2 Å². The molecule has 2 aromatic heterocycles. The number of aromatic amines is 1. The second kappa shape index (κ2) is 6.59. The number of carbonyl (C=O) groups is 1. The van der Waals surface area contributed by atoms with Crippen molar-refractivity contribution in [3.8, 4) is 11.3 Å². The summed E-state index contributed by atoms with van der Waals surface area (Å²) in [5.74, 6) is -0.401. The summed E-state index contributed by atoms with van der Waals surface area (Å²) in [5, 5.41) is 11.4. The monoisotopic (exact) mass is 351 g/mol. The van der Waals surface area contributed by atoms with Crippen LogP contribution in [0.3, 0.4) is 0 Å². The summed E-state index contributed by atoms with van der Waals surface area (Å²) in [7, 11) is 1.83. The first-order chi connectivity index (χ1) is 12.6. The molecule has 3 aromatic rings. The molecule has 26 heavy (non-hydrogen) atoms. The normalized spacial score (nSPS) is 14.0. The number of benzene rings is 1. The molecule has 1 amide bonds. The highest BCUT2D eigenvalue weighted by Gasteiger charge is 2.25. The zero-order valence-electron chi connectivity index (χ0n) is 14.3. The van der Waals surface area contributed by atoms with E-state index in [2.05, 4.69) is 15.3 Å².